The fourth-order valence-corrected chi connectivity index (χ4v) is 3.83. The second-order valence-corrected chi connectivity index (χ2v) is 7.47. The van der Waals surface area contributed by atoms with Crippen LogP contribution in [0.1, 0.15) is 33.1 Å². The summed E-state index contributed by atoms with van der Waals surface area (Å²) >= 11 is 6.01. The van der Waals surface area contributed by atoms with Crippen molar-refractivity contribution in [3.8, 4) is 0 Å². The lowest BCUT2D eigenvalue weighted by Crippen LogP contribution is -2.27. The Morgan fingerprint density at radius 2 is 1.67 bits per heavy atom. The first-order chi connectivity index (χ1) is 14.6. The number of fused-ring (bicyclic) bond motifs is 1. The molecule has 0 spiro atoms. The van der Waals surface area contributed by atoms with Crippen molar-refractivity contribution in [2.24, 2.45) is 0 Å². The number of benzene rings is 3. The molecule has 1 aliphatic rings. The third kappa shape index (κ3) is 3.87. The van der Waals surface area contributed by atoms with Crippen molar-refractivity contribution in [3.63, 3.8) is 0 Å². The molecular weight excluding hydrogens is 398 g/mol. The molecule has 1 heterocycles. The molecule has 4 rings (SSSR count). The predicted molar refractivity (Wildman–Crippen MR) is 117 cm³/mol. The first kappa shape index (κ1) is 19.9. The zero-order chi connectivity index (χ0) is 21.1. The van der Waals surface area contributed by atoms with Crippen molar-refractivity contribution in [1.29, 1.82) is 0 Å². The largest absolute Gasteiger partial charge is 0.465 e. The van der Waals surface area contributed by atoms with Crippen LogP contribution in [-0.4, -0.2) is 23.9 Å². The van der Waals surface area contributed by atoms with Gasteiger partial charge in [0.2, 0.25) is 0 Å². The second kappa shape index (κ2) is 8.56. The van der Waals surface area contributed by atoms with Crippen molar-refractivity contribution in [2.45, 2.75) is 12.6 Å². The summed E-state index contributed by atoms with van der Waals surface area (Å²) in [5, 5.41) is 0.579. The molecule has 1 unspecified atom stereocenters. The molecule has 4 nitrogen and oxygen atoms in total. The summed E-state index contributed by atoms with van der Waals surface area (Å²) in [4.78, 5) is 27.6. The van der Waals surface area contributed by atoms with Gasteiger partial charge in [-0.05, 0) is 41.0 Å². The Morgan fingerprint density at radius 3 is 2.37 bits per heavy atom. The smallest absolute Gasteiger partial charge is 0.338 e. The van der Waals surface area contributed by atoms with Crippen LogP contribution < -0.4 is 0 Å². The first-order valence-corrected chi connectivity index (χ1v) is 9.96. The topological polar surface area (TPSA) is 46.6 Å². The molecular formula is C25H20ClNO3. The Bertz CT molecular complexity index is 1110. The van der Waals surface area contributed by atoms with E-state index in [-0.39, 0.29) is 5.91 Å². The second-order valence-electron chi connectivity index (χ2n) is 7.03. The highest BCUT2D eigenvalue weighted by Gasteiger charge is 2.36. The number of amides is 1. The van der Waals surface area contributed by atoms with Crippen LogP contribution in [0, 0.1) is 0 Å². The molecule has 3 aromatic rings. The minimum absolute atomic E-state index is 0.0592. The number of halogens is 1. The fraction of sp³-hybridized carbons (Fsp3) is 0.120. The van der Waals surface area contributed by atoms with Gasteiger partial charge in [0.25, 0.3) is 5.91 Å². The molecule has 0 aliphatic carbocycles. The molecule has 0 saturated carbocycles. The van der Waals surface area contributed by atoms with Gasteiger partial charge in [0.1, 0.15) is 0 Å². The third-order valence-electron chi connectivity index (χ3n) is 5.19. The lowest BCUT2D eigenvalue weighted by Gasteiger charge is -2.24. The Balaban J connectivity index is 1.81. The SMILES string of the molecule is COC(=O)/C(=C/C1c2ccccc2C(=O)N1Cc1ccccc1)c1ccc(Cl)cc1. The van der Waals surface area contributed by atoms with Gasteiger partial charge in [-0.3, -0.25) is 4.79 Å². The molecule has 0 fully saturated rings. The summed E-state index contributed by atoms with van der Waals surface area (Å²) < 4.78 is 5.03. The summed E-state index contributed by atoms with van der Waals surface area (Å²) in [6.07, 6.45) is 1.81. The average molecular weight is 418 g/mol. The predicted octanol–water partition coefficient (Wildman–Crippen LogP) is 5.29. The lowest BCUT2D eigenvalue weighted by molar-refractivity contribution is -0.133. The van der Waals surface area contributed by atoms with E-state index in [1.807, 2.05) is 60.7 Å². The van der Waals surface area contributed by atoms with E-state index in [1.165, 1.54) is 7.11 Å². The highest BCUT2D eigenvalue weighted by Crippen LogP contribution is 2.37. The van der Waals surface area contributed by atoms with Crippen molar-refractivity contribution < 1.29 is 14.3 Å². The number of esters is 1. The summed E-state index contributed by atoms with van der Waals surface area (Å²) in [7, 11) is 1.35. The minimum atomic E-state index is -0.464. The number of carbonyl (C=O) groups is 2. The molecule has 1 aliphatic heterocycles. The van der Waals surface area contributed by atoms with Gasteiger partial charge in [-0.2, -0.15) is 0 Å². The zero-order valence-corrected chi connectivity index (χ0v) is 17.2. The summed E-state index contributed by atoms with van der Waals surface area (Å²) in [6.45, 7) is 0.435. The fourth-order valence-electron chi connectivity index (χ4n) is 3.71. The standard InChI is InChI=1S/C25H20ClNO3/c1-30-25(29)22(18-11-13-19(26)14-12-18)15-23-20-9-5-6-10-21(20)24(28)27(23)16-17-7-3-2-4-8-17/h2-15,23H,16H2,1H3/b22-15+. The molecule has 3 aromatic carbocycles. The maximum Gasteiger partial charge on any atom is 0.338 e. The van der Waals surface area contributed by atoms with Gasteiger partial charge in [-0.1, -0.05) is 72.3 Å². The van der Waals surface area contributed by atoms with Crippen LogP contribution in [0.5, 0.6) is 0 Å². The molecule has 0 N–H and O–H groups in total. The van der Waals surface area contributed by atoms with Gasteiger partial charge in [0.15, 0.2) is 0 Å². The maximum atomic E-state index is 13.2. The van der Waals surface area contributed by atoms with E-state index < -0.39 is 12.0 Å². The van der Waals surface area contributed by atoms with E-state index in [1.54, 1.807) is 29.2 Å². The maximum absolute atomic E-state index is 13.2. The Morgan fingerprint density at radius 1 is 1.00 bits per heavy atom. The quantitative estimate of drug-likeness (QED) is 0.418. The first-order valence-electron chi connectivity index (χ1n) is 9.58. The normalized spacial score (nSPS) is 15.8. The molecule has 5 heteroatoms. The Labute approximate surface area is 180 Å². The van der Waals surface area contributed by atoms with Gasteiger partial charge >= 0.3 is 5.97 Å². The molecule has 0 radical (unpaired) electrons. The van der Waals surface area contributed by atoms with Crippen LogP contribution in [0.25, 0.3) is 5.57 Å². The number of nitrogens with zero attached hydrogens (tertiary/aromatic N) is 1. The minimum Gasteiger partial charge on any atom is -0.465 e. The van der Waals surface area contributed by atoms with Crippen LogP contribution in [-0.2, 0) is 16.1 Å². The highest BCUT2D eigenvalue weighted by atomic mass is 35.5. The van der Waals surface area contributed by atoms with Crippen molar-refractivity contribution >= 4 is 29.1 Å². The Hall–Kier alpha value is -3.37. The van der Waals surface area contributed by atoms with Gasteiger partial charge in [0.05, 0.1) is 18.7 Å². The van der Waals surface area contributed by atoms with Gasteiger partial charge < -0.3 is 9.64 Å². The van der Waals surface area contributed by atoms with Crippen LogP contribution in [0.2, 0.25) is 5.02 Å². The van der Waals surface area contributed by atoms with E-state index in [0.29, 0.717) is 28.3 Å². The molecule has 0 saturated heterocycles. The molecule has 0 bridgehead atoms. The number of hydrogen-bond acceptors (Lipinski definition) is 3. The van der Waals surface area contributed by atoms with Crippen molar-refractivity contribution in [2.75, 3.05) is 7.11 Å². The highest BCUT2D eigenvalue weighted by molar-refractivity contribution is 6.30. The third-order valence-corrected chi connectivity index (χ3v) is 5.44. The number of ether oxygens (including phenoxy) is 1. The van der Waals surface area contributed by atoms with E-state index in [0.717, 1.165) is 11.1 Å². The van der Waals surface area contributed by atoms with Crippen LogP contribution >= 0.6 is 11.6 Å². The summed E-state index contributed by atoms with van der Waals surface area (Å²) in [6, 6.07) is 23.9. The van der Waals surface area contributed by atoms with Crippen LogP contribution in [0.4, 0.5) is 0 Å². The van der Waals surface area contributed by atoms with Crippen molar-refractivity contribution in [3.05, 3.63) is 112 Å². The number of carbonyl (C=O) groups excluding carboxylic acids is 2. The van der Waals surface area contributed by atoms with E-state index in [4.69, 9.17) is 16.3 Å². The van der Waals surface area contributed by atoms with Gasteiger partial charge in [0, 0.05) is 17.1 Å². The molecule has 1 atom stereocenters. The number of hydrogen-bond donors (Lipinski definition) is 0. The lowest BCUT2D eigenvalue weighted by atomic mass is 9.98. The molecule has 30 heavy (non-hydrogen) atoms. The monoisotopic (exact) mass is 417 g/mol. The van der Waals surface area contributed by atoms with E-state index in [9.17, 15) is 9.59 Å². The number of methoxy groups -OCH3 is 1. The molecule has 1 amide bonds. The van der Waals surface area contributed by atoms with Gasteiger partial charge in [-0.25, -0.2) is 4.79 Å². The molecule has 150 valence electrons. The zero-order valence-electron chi connectivity index (χ0n) is 16.4. The van der Waals surface area contributed by atoms with Crippen LogP contribution in [0.3, 0.4) is 0 Å². The van der Waals surface area contributed by atoms with E-state index in [2.05, 4.69) is 0 Å². The van der Waals surface area contributed by atoms with Crippen molar-refractivity contribution in [1.82, 2.24) is 4.90 Å². The molecule has 0 aromatic heterocycles. The van der Waals surface area contributed by atoms with E-state index >= 15 is 0 Å². The number of rotatable bonds is 5. The summed E-state index contributed by atoms with van der Waals surface area (Å²) in [5.41, 5.74) is 3.61. The Kier molecular flexibility index (Phi) is 5.68. The summed E-state index contributed by atoms with van der Waals surface area (Å²) in [5.74, 6) is -0.523. The van der Waals surface area contributed by atoms with Gasteiger partial charge in [-0.15, -0.1) is 0 Å². The average Bonchev–Trinajstić information content (AvgIpc) is 3.04. The van der Waals surface area contributed by atoms with Crippen LogP contribution in [0.15, 0.2) is 84.9 Å².